The third kappa shape index (κ3) is 3.99. The van der Waals surface area contributed by atoms with Crippen LogP contribution in [0.5, 0.6) is 0 Å². The van der Waals surface area contributed by atoms with E-state index in [1.54, 1.807) is 0 Å². The quantitative estimate of drug-likeness (QED) is 0.571. The number of hydrogen-bond acceptors (Lipinski definition) is 0. The summed E-state index contributed by atoms with van der Waals surface area (Å²) in [6, 6.07) is 10.7. The minimum atomic E-state index is -1.53. The summed E-state index contributed by atoms with van der Waals surface area (Å²) in [5.41, 5.74) is 5.98. The number of benzene rings is 1. The first-order valence-corrected chi connectivity index (χ1v) is 11.1. The second-order valence-corrected chi connectivity index (χ2v) is 13.5. The molecular weight excluding hydrogens is 311 g/mol. The van der Waals surface area contributed by atoms with Gasteiger partial charge in [-0.1, -0.05) is 0 Å². The molecule has 0 heterocycles. The Kier molecular flexibility index (Phi) is 6.40. The summed E-state index contributed by atoms with van der Waals surface area (Å²) in [4.78, 5) is 3.56. The Morgan fingerprint density at radius 1 is 0.842 bits per heavy atom. The molecule has 0 radical (unpaired) electrons. The van der Waals surface area contributed by atoms with Crippen molar-refractivity contribution >= 4 is 27.5 Å². The molecule has 1 aromatic carbocycles. The van der Waals surface area contributed by atoms with E-state index < -0.39 is 8.07 Å². The van der Waals surface area contributed by atoms with Crippen molar-refractivity contribution in [3.8, 4) is 10.4 Å². The van der Waals surface area contributed by atoms with Gasteiger partial charge in [-0.05, 0) is 0 Å². The van der Waals surface area contributed by atoms with Gasteiger partial charge in [0.05, 0.1) is 0 Å². The van der Waals surface area contributed by atoms with Crippen LogP contribution >= 0.6 is 0 Å². The molecule has 1 rings (SSSR count). The van der Waals surface area contributed by atoms with Gasteiger partial charge >= 0.3 is 126 Å². The molecule has 0 aliphatic carbocycles. The Morgan fingerprint density at radius 2 is 1.32 bits per heavy atom. The Balaban J connectivity index is 2.97. The summed E-state index contributed by atoms with van der Waals surface area (Å²) in [5.74, 6) is 0. The number of rotatable bonds is 4. The predicted molar refractivity (Wildman–Crippen MR) is 90.7 cm³/mol. The second-order valence-electron chi connectivity index (χ2n) is 6.04. The predicted octanol–water partition coefficient (Wildman–Crippen LogP) is 4.20. The third-order valence-electron chi connectivity index (χ3n) is 4.05. The summed E-state index contributed by atoms with van der Waals surface area (Å²) in [6.45, 7) is 14.2. The van der Waals surface area contributed by atoms with Crippen LogP contribution in [0.15, 0.2) is 30.3 Å². The summed E-state index contributed by atoms with van der Waals surface area (Å²) in [7, 11) is -1.53. The van der Waals surface area contributed by atoms with Gasteiger partial charge in [0.15, 0.2) is 0 Å². The van der Waals surface area contributed by atoms with Crippen molar-refractivity contribution in [3.63, 3.8) is 0 Å². The average molecular weight is 337 g/mol. The molecule has 1 aromatic rings. The van der Waals surface area contributed by atoms with Crippen molar-refractivity contribution < 1.29 is 0 Å². The van der Waals surface area contributed by atoms with E-state index >= 15 is 0 Å². The minimum absolute atomic E-state index is 0.304. The SMILES string of the molecule is CC(C)[Si](C#C[Se]c1ccccc1)(C(C)C)C(C)C. The van der Waals surface area contributed by atoms with Crippen molar-refractivity contribution in [3.05, 3.63) is 30.3 Å². The van der Waals surface area contributed by atoms with Gasteiger partial charge < -0.3 is 0 Å². The van der Waals surface area contributed by atoms with Crippen LogP contribution in [-0.4, -0.2) is 23.0 Å². The van der Waals surface area contributed by atoms with Crippen LogP contribution in [0, 0.1) is 10.4 Å². The van der Waals surface area contributed by atoms with Gasteiger partial charge in [-0.15, -0.1) is 0 Å². The topological polar surface area (TPSA) is 0 Å². The molecule has 0 fully saturated rings. The zero-order chi connectivity index (χ0) is 14.5. The van der Waals surface area contributed by atoms with Crippen molar-refractivity contribution in [1.29, 1.82) is 0 Å². The molecule has 0 N–H and O–H groups in total. The van der Waals surface area contributed by atoms with Crippen LogP contribution in [-0.2, 0) is 0 Å². The molecule has 2 heteroatoms. The summed E-state index contributed by atoms with van der Waals surface area (Å²) in [6.07, 6.45) is 0. The summed E-state index contributed by atoms with van der Waals surface area (Å²) >= 11 is 0.304. The zero-order valence-electron chi connectivity index (χ0n) is 13.0. The molecule has 0 amide bonds. The fourth-order valence-electron chi connectivity index (χ4n) is 3.09. The van der Waals surface area contributed by atoms with Gasteiger partial charge in [-0.2, -0.15) is 0 Å². The fourth-order valence-corrected chi connectivity index (χ4v) is 10.5. The molecule has 0 saturated carbocycles. The molecule has 0 saturated heterocycles. The standard InChI is InChI=1S/C17H26SeSi/c1-14(2)19(15(3)4,16(5)6)13-12-18-17-10-8-7-9-11-17/h7-11,14-16H,1-6H3. The zero-order valence-corrected chi connectivity index (χ0v) is 15.7. The van der Waals surface area contributed by atoms with Crippen LogP contribution in [0.3, 0.4) is 0 Å². The molecule has 19 heavy (non-hydrogen) atoms. The molecule has 0 atom stereocenters. The van der Waals surface area contributed by atoms with Gasteiger partial charge in [0.25, 0.3) is 0 Å². The van der Waals surface area contributed by atoms with Crippen molar-refractivity contribution in [1.82, 2.24) is 0 Å². The van der Waals surface area contributed by atoms with E-state index in [4.69, 9.17) is 0 Å². The monoisotopic (exact) mass is 338 g/mol. The van der Waals surface area contributed by atoms with E-state index in [-0.39, 0.29) is 0 Å². The molecule has 104 valence electrons. The summed E-state index contributed by atoms with van der Waals surface area (Å²) in [5, 5.41) is 0. The normalized spacial score (nSPS) is 11.8. The first-order chi connectivity index (χ1) is 8.91. The maximum absolute atomic E-state index is 3.80. The third-order valence-corrected chi connectivity index (χ3v) is 12.2. The Hall–Kier alpha value is -0.484. The maximum atomic E-state index is 3.80. The van der Waals surface area contributed by atoms with Crippen LogP contribution in [0.1, 0.15) is 41.5 Å². The number of hydrogen-bond donors (Lipinski definition) is 0. The molecule has 0 spiro atoms. The molecule has 0 bridgehead atoms. The Bertz CT molecular complexity index is 416. The molecule has 0 aliphatic heterocycles. The van der Waals surface area contributed by atoms with E-state index in [0.29, 0.717) is 15.0 Å². The van der Waals surface area contributed by atoms with E-state index in [9.17, 15) is 0 Å². The van der Waals surface area contributed by atoms with E-state index in [0.717, 1.165) is 16.6 Å². The van der Waals surface area contributed by atoms with Crippen molar-refractivity contribution in [2.45, 2.75) is 58.2 Å². The Morgan fingerprint density at radius 3 is 1.74 bits per heavy atom. The fraction of sp³-hybridized carbons (Fsp3) is 0.529. The first-order valence-electron chi connectivity index (χ1n) is 7.15. The molecule has 0 nitrogen and oxygen atoms in total. The van der Waals surface area contributed by atoms with Gasteiger partial charge in [-0.25, -0.2) is 0 Å². The van der Waals surface area contributed by atoms with Crippen molar-refractivity contribution in [2.75, 3.05) is 0 Å². The van der Waals surface area contributed by atoms with Crippen LogP contribution in [0.4, 0.5) is 0 Å². The molecule has 0 aromatic heterocycles. The van der Waals surface area contributed by atoms with Crippen LogP contribution in [0.25, 0.3) is 0 Å². The van der Waals surface area contributed by atoms with Crippen LogP contribution in [0.2, 0.25) is 16.6 Å². The van der Waals surface area contributed by atoms with Crippen molar-refractivity contribution in [2.24, 2.45) is 0 Å². The van der Waals surface area contributed by atoms with E-state index in [1.165, 1.54) is 4.46 Å². The van der Waals surface area contributed by atoms with E-state index in [2.05, 4.69) is 82.2 Å². The molecular formula is C17H26SeSi. The van der Waals surface area contributed by atoms with Crippen LogP contribution < -0.4 is 4.46 Å². The van der Waals surface area contributed by atoms with E-state index in [1.807, 2.05) is 0 Å². The van der Waals surface area contributed by atoms with Gasteiger partial charge in [0.2, 0.25) is 0 Å². The second kappa shape index (κ2) is 7.34. The molecule has 0 aliphatic rings. The first kappa shape index (κ1) is 16.6. The molecule has 0 unspecified atom stereocenters. The van der Waals surface area contributed by atoms with Gasteiger partial charge in [-0.3, -0.25) is 0 Å². The summed E-state index contributed by atoms with van der Waals surface area (Å²) < 4.78 is 1.39. The Labute approximate surface area is 126 Å². The van der Waals surface area contributed by atoms with Gasteiger partial charge in [0.1, 0.15) is 0 Å². The average Bonchev–Trinajstić information content (AvgIpc) is 2.34. The van der Waals surface area contributed by atoms with Gasteiger partial charge in [0, 0.05) is 0 Å².